The minimum Gasteiger partial charge on any atom is -0.507 e. The zero-order valence-corrected chi connectivity index (χ0v) is 22.4. The zero-order valence-electron chi connectivity index (χ0n) is 20.8. The second-order valence-corrected chi connectivity index (χ2v) is 8.92. The lowest BCUT2D eigenvalue weighted by atomic mass is 9.94. The summed E-state index contributed by atoms with van der Waals surface area (Å²) in [7, 11) is 4.57. The number of halogens is 1. The predicted octanol–water partition coefficient (Wildman–Crippen LogP) is 5.50. The lowest BCUT2D eigenvalue weighted by Crippen LogP contribution is -2.29. The Kier molecular flexibility index (Phi) is 7.73. The lowest BCUT2D eigenvalue weighted by molar-refractivity contribution is -0.132. The second kappa shape index (κ2) is 11.0. The Morgan fingerprint density at radius 2 is 1.65 bits per heavy atom. The molecule has 37 heavy (non-hydrogen) atoms. The van der Waals surface area contributed by atoms with Gasteiger partial charge in [0.1, 0.15) is 17.3 Å². The van der Waals surface area contributed by atoms with Crippen molar-refractivity contribution in [1.29, 1.82) is 0 Å². The maximum Gasteiger partial charge on any atom is 0.300 e. The monoisotopic (exact) mass is 567 g/mol. The fourth-order valence-corrected chi connectivity index (χ4v) is 4.82. The Hall–Kier alpha value is -3.98. The number of anilines is 1. The molecule has 1 aliphatic heterocycles. The largest absolute Gasteiger partial charge is 0.507 e. The third-order valence-electron chi connectivity index (χ3n) is 6.00. The first-order valence-electron chi connectivity index (χ1n) is 11.4. The summed E-state index contributed by atoms with van der Waals surface area (Å²) in [6.45, 7) is 2.23. The molecule has 0 radical (unpaired) electrons. The highest BCUT2D eigenvalue weighted by molar-refractivity contribution is 9.10. The molecule has 1 atom stereocenters. The van der Waals surface area contributed by atoms with E-state index in [1.54, 1.807) is 60.7 Å². The van der Waals surface area contributed by atoms with E-state index in [-0.39, 0.29) is 11.3 Å². The van der Waals surface area contributed by atoms with Gasteiger partial charge < -0.3 is 24.1 Å². The number of ether oxygens (including phenoxy) is 4. The number of aliphatic hydroxyl groups is 1. The van der Waals surface area contributed by atoms with E-state index >= 15 is 0 Å². The minimum absolute atomic E-state index is 0.0579. The molecule has 1 fully saturated rings. The number of amides is 1. The van der Waals surface area contributed by atoms with E-state index in [0.29, 0.717) is 50.9 Å². The molecule has 3 aromatic rings. The fraction of sp³-hybridized carbons (Fsp3) is 0.214. The van der Waals surface area contributed by atoms with E-state index < -0.39 is 17.7 Å². The van der Waals surface area contributed by atoms with Crippen LogP contribution in [0.5, 0.6) is 23.0 Å². The molecule has 0 bridgehead atoms. The van der Waals surface area contributed by atoms with Crippen molar-refractivity contribution in [3.8, 4) is 23.0 Å². The molecule has 3 aromatic carbocycles. The van der Waals surface area contributed by atoms with Crippen LogP contribution in [-0.2, 0) is 9.59 Å². The van der Waals surface area contributed by atoms with E-state index in [9.17, 15) is 14.7 Å². The molecule has 4 rings (SSSR count). The molecule has 0 saturated carbocycles. The molecule has 1 N–H and O–H groups in total. The van der Waals surface area contributed by atoms with Crippen LogP contribution >= 0.6 is 15.9 Å². The summed E-state index contributed by atoms with van der Waals surface area (Å²) in [5.41, 5.74) is 1.29. The van der Waals surface area contributed by atoms with Crippen LogP contribution in [0.4, 0.5) is 5.69 Å². The molecule has 1 aliphatic rings. The highest BCUT2D eigenvalue weighted by atomic mass is 79.9. The van der Waals surface area contributed by atoms with Crippen molar-refractivity contribution in [3.05, 3.63) is 81.8 Å². The van der Waals surface area contributed by atoms with Gasteiger partial charge in [0.25, 0.3) is 11.7 Å². The van der Waals surface area contributed by atoms with Crippen LogP contribution in [0.15, 0.2) is 70.7 Å². The number of ketones is 1. The van der Waals surface area contributed by atoms with Crippen LogP contribution in [-0.4, -0.2) is 44.7 Å². The molecule has 0 aromatic heterocycles. The molecular formula is C28H26BrNO7. The zero-order chi connectivity index (χ0) is 26.7. The van der Waals surface area contributed by atoms with Gasteiger partial charge >= 0.3 is 0 Å². The van der Waals surface area contributed by atoms with Gasteiger partial charge in [-0.25, -0.2) is 0 Å². The number of benzene rings is 3. The first-order valence-corrected chi connectivity index (χ1v) is 12.2. The van der Waals surface area contributed by atoms with Crippen LogP contribution in [0.25, 0.3) is 5.76 Å². The molecule has 0 spiro atoms. The number of carbonyl (C=O) groups is 2. The Balaban J connectivity index is 1.97. The van der Waals surface area contributed by atoms with Crippen LogP contribution in [0, 0.1) is 0 Å². The lowest BCUT2D eigenvalue weighted by Gasteiger charge is -2.26. The number of carbonyl (C=O) groups excluding carboxylic acids is 2. The van der Waals surface area contributed by atoms with Gasteiger partial charge in [-0.2, -0.15) is 0 Å². The molecular weight excluding hydrogens is 542 g/mol. The summed E-state index contributed by atoms with van der Waals surface area (Å²) in [5, 5.41) is 11.4. The van der Waals surface area contributed by atoms with E-state index in [1.165, 1.54) is 26.2 Å². The number of nitrogens with zero attached hydrogens (tertiary/aromatic N) is 1. The van der Waals surface area contributed by atoms with E-state index in [0.717, 1.165) is 0 Å². The Morgan fingerprint density at radius 3 is 2.30 bits per heavy atom. The van der Waals surface area contributed by atoms with Crippen molar-refractivity contribution in [2.75, 3.05) is 32.8 Å². The molecule has 1 amide bonds. The smallest absolute Gasteiger partial charge is 0.300 e. The van der Waals surface area contributed by atoms with Gasteiger partial charge in [0.2, 0.25) is 0 Å². The highest BCUT2D eigenvalue weighted by Gasteiger charge is 2.47. The molecule has 8 nitrogen and oxygen atoms in total. The van der Waals surface area contributed by atoms with Gasteiger partial charge in [-0.15, -0.1) is 0 Å². The van der Waals surface area contributed by atoms with Crippen LogP contribution < -0.4 is 23.8 Å². The Bertz CT molecular complexity index is 1380. The third kappa shape index (κ3) is 4.86. The fourth-order valence-electron chi connectivity index (χ4n) is 4.28. The number of aliphatic hydroxyl groups excluding tert-OH is 1. The normalized spacial score (nSPS) is 16.6. The van der Waals surface area contributed by atoms with Gasteiger partial charge in [-0.3, -0.25) is 14.5 Å². The summed E-state index contributed by atoms with van der Waals surface area (Å²) < 4.78 is 22.4. The first kappa shape index (κ1) is 26.1. The van der Waals surface area contributed by atoms with Gasteiger partial charge in [0.15, 0.2) is 11.5 Å². The summed E-state index contributed by atoms with van der Waals surface area (Å²) in [4.78, 5) is 28.2. The van der Waals surface area contributed by atoms with E-state index in [1.807, 2.05) is 6.92 Å². The van der Waals surface area contributed by atoms with Gasteiger partial charge in [-0.05, 0) is 70.9 Å². The SMILES string of the molecule is CCOc1cc(C2/C(=C(/O)c3ccc(OC)c(Br)c3)C(=O)C(=O)N2c2cccc(OC)c2)ccc1OC. The summed E-state index contributed by atoms with van der Waals surface area (Å²) in [5.74, 6) is 0.121. The quantitative estimate of drug-likeness (QED) is 0.218. The van der Waals surface area contributed by atoms with Crippen molar-refractivity contribution >= 4 is 39.1 Å². The topological polar surface area (TPSA) is 94.5 Å². The van der Waals surface area contributed by atoms with Crippen LogP contribution in [0.1, 0.15) is 24.1 Å². The predicted molar refractivity (Wildman–Crippen MR) is 143 cm³/mol. The highest BCUT2D eigenvalue weighted by Crippen LogP contribution is 2.45. The van der Waals surface area contributed by atoms with Crippen molar-refractivity contribution in [1.82, 2.24) is 0 Å². The average molecular weight is 568 g/mol. The first-order chi connectivity index (χ1) is 17.8. The van der Waals surface area contributed by atoms with E-state index in [4.69, 9.17) is 18.9 Å². The molecule has 9 heteroatoms. The number of rotatable bonds is 8. The van der Waals surface area contributed by atoms with Crippen molar-refractivity contribution < 1.29 is 33.6 Å². The van der Waals surface area contributed by atoms with Gasteiger partial charge in [0, 0.05) is 17.3 Å². The Labute approximate surface area is 223 Å². The average Bonchev–Trinajstić information content (AvgIpc) is 3.18. The van der Waals surface area contributed by atoms with Crippen molar-refractivity contribution in [3.63, 3.8) is 0 Å². The summed E-state index contributed by atoms with van der Waals surface area (Å²) in [6, 6.07) is 16.0. The maximum absolute atomic E-state index is 13.5. The molecule has 1 saturated heterocycles. The number of methoxy groups -OCH3 is 3. The number of hydrogen-bond acceptors (Lipinski definition) is 7. The summed E-state index contributed by atoms with van der Waals surface area (Å²) >= 11 is 3.41. The molecule has 1 heterocycles. The molecule has 192 valence electrons. The number of Topliss-reactive ketones (excluding diaryl/α,β-unsaturated/α-hetero) is 1. The van der Waals surface area contributed by atoms with Crippen LogP contribution in [0.3, 0.4) is 0 Å². The standard InChI is InChI=1S/C28H26BrNO7/c1-5-37-23-14-16(9-12-22(23)36-4)25-24(26(31)17-10-11-21(35-3)20(29)13-17)27(32)28(33)30(25)18-7-6-8-19(15-18)34-2/h6-15,25,31H,5H2,1-4H3/b26-24-. The van der Waals surface area contributed by atoms with E-state index in [2.05, 4.69) is 15.9 Å². The maximum atomic E-state index is 13.5. The van der Waals surface area contributed by atoms with Crippen molar-refractivity contribution in [2.24, 2.45) is 0 Å². The van der Waals surface area contributed by atoms with Crippen molar-refractivity contribution in [2.45, 2.75) is 13.0 Å². The second-order valence-electron chi connectivity index (χ2n) is 8.06. The van der Waals surface area contributed by atoms with Gasteiger partial charge in [0.05, 0.1) is 44.0 Å². The van der Waals surface area contributed by atoms with Gasteiger partial charge in [-0.1, -0.05) is 12.1 Å². The minimum atomic E-state index is -0.946. The molecule has 1 unspecified atom stereocenters. The summed E-state index contributed by atoms with van der Waals surface area (Å²) in [6.07, 6.45) is 0. The Morgan fingerprint density at radius 1 is 0.919 bits per heavy atom. The molecule has 0 aliphatic carbocycles. The third-order valence-corrected chi connectivity index (χ3v) is 6.62. The van der Waals surface area contributed by atoms with Crippen LogP contribution in [0.2, 0.25) is 0 Å². The number of hydrogen-bond donors (Lipinski definition) is 1.